The Morgan fingerprint density at radius 2 is 1.11 bits per heavy atom. The quantitative estimate of drug-likeness (QED) is 0.156. The van der Waals surface area contributed by atoms with Crippen molar-refractivity contribution >= 4 is 57.6 Å². The monoisotopic (exact) mass is 499 g/mol. The summed E-state index contributed by atoms with van der Waals surface area (Å²) in [4.78, 5) is 29.1. The molecule has 0 saturated heterocycles. The van der Waals surface area contributed by atoms with Crippen molar-refractivity contribution in [3.05, 3.63) is 42.5 Å². The number of hydrogen-bond donors (Lipinski definition) is 4. The molecule has 0 aliphatic heterocycles. The number of fused-ring (bicyclic) bond motifs is 2. The fourth-order valence-electron chi connectivity index (χ4n) is 3.84. The minimum Gasteiger partial charge on any atom is -0.338 e. The third kappa shape index (κ3) is 9.25. The van der Waals surface area contributed by atoms with Crippen LogP contribution in [0, 0.1) is 0 Å². The zero-order chi connectivity index (χ0) is 24.2. The van der Waals surface area contributed by atoms with E-state index in [4.69, 9.17) is 4.98 Å². The number of nitrogens with zero attached hydrogens (tertiary/aromatic N) is 1. The van der Waals surface area contributed by atoms with E-state index >= 15 is 0 Å². The third-order valence-corrected chi connectivity index (χ3v) is 5.76. The fourth-order valence-corrected chi connectivity index (χ4v) is 3.84. The normalized spacial score (nSPS) is 10.6. The Morgan fingerprint density at radius 3 is 1.54 bits per heavy atom. The first-order valence-electron chi connectivity index (χ1n) is 12.5. The minimum atomic E-state index is -0.205. The highest BCUT2D eigenvalue weighted by Crippen LogP contribution is 2.24. The molecular formula is C27H38ClN5O2. The average molecular weight is 500 g/mol. The third-order valence-electron chi connectivity index (χ3n) is 5.76. The van der Waals surface area contributed by atoms with E-state index in [-0.39, 0.29) is 24.5 Å². The summed E-state index contributed by atoms with van der Waals surface area (Å²) in [7, 11) is 0. The molecule has 2 aromatic carbocycles. The summed E-state index contributed by atoms with van der Waals surface area (Å²) in [5.41, 5.74) is 2.96. The van der Waals surface area contributed by atoms with Gasteiger partial charge in [-0.05, 0) is 43.2 Å². The zero-order valence-corrected chi connectivity index (χ0v) is 21.6. The molecular weight excluding hydrogens is 462 g/mol. The van der Waals surface area contributed by atoms with Gasteiger partial charge in [-0.3, -0.25) is 0 Å². The smallest absolute Gasteiger partial charge is 0.319 e. The predicted molar refractivity (Wildman–Crippen MR) is 149 cm³/mol. The summed E-state index contributed by atoms with van der Waals surface area (Å²) in [5, 5.41) is 13.6. The summed E-state index contributed by atoms with van der Waals surface area (Å²) in [5.74, 6) is 0. The molecule has 0 fully saturated rings. The van der Waals surface area contributed by atoms with Crippen LogP contribution in [0.5, 0.6) is 0 Å². The van der Waals surface area contributed by atoms with E-state index in [1.807, 2.05) is 36.4 Å². The highest BCUT2D eigenvalue weighted by Gasteiger charge is 2.07. The Balaban J connectivity index is 0.00000432. The van der Waals surface area contributed by atoms with Gasteiger partial charge in [0.15, 0.2) is 0 Å². The highest BCUT2D eigenvalue weighted by molar-refractivity contribution is 5.98. The molecule has 3 rings (SSSR count). The van der Waals surface area contributed by atoms with Gasteiger partial charge in [0, 0.05) is 35.2 Å². The number of hydrogen-bond acceptors (Lipinski definition) is 3. The number of rotatable bonds is 12. The lowest BCUT2D eigenvalue weighted by atomic mass is 10.1. The Hall–Kier alpha value is -3.06. The van der Waals surface area contributed by atoms with E-state index < -0.39 is 0 Å². The maximum absolute atomic E-state index is 12.2. The van der Waals surface area contributed by atoms with E-state index in [0.717, 1.165) is 47.5 Å². The van der Waals surface area contributed by atoms with Crippen LogP contribution < -0.4 is 21.3 Å². The molecule has 0 atom stereocenters. The first kappa shape index (κ1) is 28.2. The number of halogens is 1. The second-order valence-corrected chi connectivity index (χ2v) is 8.69. The maximum Gasteiger partial charge on any atom is 0.319 e. The predicted octanol–water partition coefficient (Wildman–Crippen LogP) is 7.21. The van der Waals surface area contributed by atoms with Gasteiger partial charge in [0.05, 0.1) is 11.0 Å². The molecule has 0 saturated carbocycles. The molecule has 1 heterocycles. The number of benzene rings is 2. The molecule has 0 unspecified atom stereocenters. The van der Waals surface area contributed by atoms with Gasteiger partial charge in [0.1, 0.15) is 0 Å². The number of nitrogens with one attached hydrogen (secondary N) is 4. The van der Waals surface area contributed by atoms with Gasteiger partial charge < -0.3 is 21.3 Å². The van der Waals surface area contributed by atoms with Gasteiger partial charge in [-0.25, -0.2) is 14.6 Å². The molecule has 35 heavy (non-hydrogen) atoms. The minimum absolute atomic E-state index is 0. The number of urea groups is 2. The van der Waals surface area contributed by atoms with E-state index in [0.29, 0.717) is 24.5 Å². The number of unbranched alkanes of at least 4 members (excludes halogenated alkanes) is 6. The molecule has 8 heteroatoms. The topological polar surface area (TPSA) is 95.2 Å². The van der Waals surface area contributed by atoms with Crippen LogP contribution in [0.3, 0.4) is 0 Å². The van der Waals surface area contributed by atoms with Crippen LogP contribution in [0.25, 0.3) is 21.8 Å². The van der Waals surface area contributed by atoms with Gasteiger partial charge in [0.25, 0.3) is 0 Å². The van der Waals surface area contributed by atoms with Gasteiger partial charge in [-0.1, -0.05) is 64.5 Å². The lowest BCUT2D eigenvalue weighted by Gasteiger charge is -2.10. The van der Waals surface area contributed by atoms with Gasteiger partial charge in [-0.15, -0.1) is 12.4 Å². The van der Waals surface area contributed by atoms with E-state index in [2.05, 4.69) is 41.2 Å². The van der Waals surface area contributed by atoms with Crippen LogP contribution in [0.15, 0.2) is 42.5 Å². The number of amides is 4. The lowest BCUT2D eigenvalue weighted by Crippen LogP contribution is -2.29. The number of aromatic nitrogens is 1. The Labute approximate surface area is 214 Å². The van der Waals surface area contributed by atoms with Crippen LogP contribution >= 0.6 is 12.4 Å². The van der Waals surface area contributed by atoms with Gasteiger partial charge in [0.2, 0.25) is 0 Å². The molecule has 0 aliphatic carbocycles. The van der Waals surface area contributed by atoms with Crippen molar-refractivity contribution in [2.24, 2.45) is 0 Å². The SMILES string of the molecule is CCCCCCNC(=O)Nc1ccc2cc3ccc(NC(=O)NCCCCCC)cc3nc2c1.Cl. The standard InChI is InChI=1S/C27H37N5O2.ClH/c1-3-5-7-9-15-28-26(33)30-22-13-11-20-17-21-12-14-23(19-25(21)32-24(20)18-22)31-27(34)29-16-10-8-6-4-2;/h11-14,17-19H,3-10,15-16H2,1-2H3,(H2,28,30,33)(H2,29,31,34);1H. The van der Waals surface area contributed by atoms with E-state index in [1.165, 1.54) is 25.7 Å². The van der Waals surface area contributed by atoms with Crippen molar-refractivity contribution in [1.29, 1.82) is 0 Å². The first-order chi connectivity index (χ1) is 16.6. The van der Waals surface area contributed by atoms with Crippen LogP contribution in [0.1, 0.15) is 65.2 Å². The summed E-state index contributed by atoms with van der Waals surface area (Å²) >= 11 is 0. The largest absolute Gasteiger partial charge is 0.338 e. The van der Waals surface area contributed by atoms with Crippen molar-refractivity contribution in [3.63, 3.8) is 0 Å². The number of carbonyl (C=O) groups excluding carboxylic acids is 2. The van der Waals surface area contributed by atoms with Crippen molar-refractivity contribution in [2.45, 2.75) is 65.2 Å². The van der Waals surface area contributed by atoms with Crippen LogP contribution in [0.2, 0.25) is 0 Å². The average Bonchev–Trinajstić information content (AvgIpc) is 2.82. The second kappa shape index (κ2) is 15.0. The fraction of sp³-hybridized carbons (Fsp3) is 0.444. The summed E-state index contributed by atoms with van der Waals surface area (Å²) in [6.45, 7) is 5.68. The highest BCUT2D eigenvalue weighted by atomic mass is 35.5. The second-order valence-electron chi connectivity index (χ2n) is 8.69. The lowest BCUT2D eigenvalue weighted by molar-refractivity contribution is 0.251. The molecule has 4 N–H and O–H groups in total. The number of carbonyl (C=O) groups is 2. The molecule has 3 aromatic rings. The van der Waals surface area contributed by atoms with Crippen molar-refractivity contribution in [2.75, 3.05) is 23.7 Å². The van der Waals surface area contributed by atoms with Crippen molar-refractivity contribution < 1.29 is 9.59 Å². The molecule has 4 amide bonds. The Bertz CT molecular complexity index is 1020. The number of pyridine rings is 1. The number of anilines is 2. The summed E-state index contributed by atoms with van der Waals surface area (Å²) < 4.78 is 0. The first-order valence-corrected chi connectivity index (χ1v) is 12.5. The molecule has 1 aromatic heterocycles. The molecule has 190 valence electrons. The zero-order valence-electron chi connectivity index (χ0n) is 20.8. The summed E-state index contributed by atoms with van der Waals surface area (Å²) in [6, 6.07) is 13.1. The summed E-state index contributed by atoms with van der Waals surface area (Å²) in [6.07, 6.45) is 8.95. The van der Waals surface area contributed by atoms with Crippen molar-refractivity contribution in [1.82, 2.24) is 15.6 Å². The van der Waals surface area contributed by atoms with Gasteiger partial charge in [-0.2, -0.15) is 0 Å². The molecule has 7 nitrogen and oxygen atoms in total. The van der Waals surface area contributed by atoms with Gasteiger partial charge >= 0.3 is 12.1 Å². The van der Waals surface area contributed by atoms with E-state index in [9.17, 15) is 9.59 Å². The van der Waals surface area contributed by atoms with E-state index in [1.54, 1.807) is 0 Å². The van der Waals surface area contributed by atoms with Crippen LogP contribution in [0.4, 0.5) is 21.0 Å². The van der Waals surface area contributed by atoms with Crippen LogP contribution in [-0.2, 0) is 0 Å². The maximum atomic E-state index is 12.2. The molecule has 0 spiro atoms. The van der Waals surface area contributed by atoms with Crippen LogP contribution in [-0.4, -0.2) is 30.1 Å². The Kier molecular flexibility index (Phi) is 12.1. The molecule has 0 bridgehead atoms. The molecule has 0 radical (unpaired) electrons. The Morgan fingerprint density at radius 1 is 0.657 bits per heavy atom. The molecule has 0 aliphatic rings. The van der Waals surface area contributed by atoms with Crippen molar-refractivity contribution in [3.8, 4) is 0 Å².